The average molecular weight is 414 g/mol. The summed E-state index contributed by atoms with van der Waals surface area (Å²) < 4.78 is 20.0. The van der Waals surface area contributed by atoms with Crippen molar-refractivity contribution in [2.45, 2.75) is 5.66 Å². The Kier molecular flexibility index (Phi) is 5.85. The molecule has 0 fully saturated rings. The number of aromatic hydroxyl groups is 1. The lowest BCUT2D eigenvalue weighted by Crippen LogP contribution is -2.14. The van der Waals surface area contributed by atoms with Crippen LogP contribution in [0.5, 0.6) is 5.75 Å². The first-order valence-corrected chi connectivity index (χ1v) is 11.5. The van der Waals surface area contributed by atoms with E-state index >= 15 is 0 Å². The highest BCUT2D eigenvalue weighted by Gasteiger charge is 2.39. The van der Waals surface area contributed by atoms with Crippen LogP contribution in [0.3, 0.4) is 0 Å². The quantitative estimate of drug-likeness (QED) is 0.372. The van der Waals surface area contributed by atoms with Crippen molar-refractivity contribution in [1.82, 2.24) is 0 Å². The van der Waals surface area contributed by atoms with Crippen LogP contribution in [0.2, 0.25) is 0 Å². The summed E-state index contributed by atoms with van der Waals surface area (Å²) in [5.41, 5.74) is 2.96. The van der Waals surface area contributed by atoms with E-state index in [0.29, 0.717) is 10.9 Å². The Labute approximate surface area is 177 Å². The van der Waals surface area contributed by atoms with Gasteiger partial charge in [0, 0.05) is 18.0 Å². The molecule has 0 amide bonds. The zero-order chi connectivity index (χ0) is 21.0. The Morgan fingerprint density at radius 3 is 1.83 bits per heavy atom. The van der Waals surface area contributed by atoms with E-state index in [1.807, 2.05) is 78.9 Å². The van der Waals surface area contributed by atoms with Gasteiger partial charge in [0.25, 0.3) is 0 Å². The van der Waals surface area contributed by atoms with E-state index in [1.165, 1.54) is 7.11 Å². The standard InChI is InChI=1S/C26H23O3P/c1-29-30(28,23-12-6-3-7-13-23)26(24-14-8-9-15-25(24)27)22-18-16-21(17-19-22)20-10-4-2-5-11-20/h2-19,26-27H,1H3. The van der Waals surface area contributed by atoms with Crippen LogP contribution in [-0.2, 0) is 9.09 Å². The number of phenolic OH excluding ortho intramolecular Hbond substituents is 1. The third-order valence-corrected chi connectivity index (χ3v) is 8.11. The maximum atomic E-state index is 14.3. The number of rotatable bonds is 6. The SMILES string of the molecule is COP(=O)(c1ccccc1)C(c1ccc(-c2ccccc2)cc1)c1ccccc1O. The molecule has 0 aliphatic heterocycles. The van der Waals surface area contributed by atoms with Crippen LogP contribution < -0.4 is 5.30 Å². The zero-order valence-electron chi connectivity index (χ0n) is 16.7. The van der Waals surface area contributed by atoms with Crippen molar-refractivity contribution in [3.63, 3.8) is 0 Å². The predicted molar refractivity (Wildman–Crippen MR) is 123 cm³/mol. The van der Waals surface area contributed by atoms with Crippen molar-refractivity contribution in [1.29, 1.82) is 0 Å². The summed E-state index contributed by atoms with van der Waals surface area (Å²) in [4.78, 5) is 0. The Morgan fingerprint density at radius 1 is 0.700 bits per heavy atom. The average Bonchev–Trinajstić information content (AvgIpc) is 2.82. The molecule has 4 heteroatoms. The fourth-order valence-corrected chi connectivity index (χ4v) is 6.22. The van der Waals surface area contributed by atoms with Gasteiger partial charge in [-0.3, -0.25) is 4.57 Å². The van der Waals surface area contributed by atoms with Gasteiger partial charge in [-0.15, -0.1) is 0 Å². The second-order valence-electron chi connectivity index (χ2n) is 7.06. The third kappa shape index (κ3) is 3.82. The van der Waals surface area contributed by atoms with Gasteiger partial charge in [-0.1, -0.05) is 91.0 Å². The van der Waals surface area contributed by atoms with Crippen LogP contribution >= 0.6 is 7.37 Å². The van der Waals surface area contributed by atoms with E-state index in [-0.39, 0.29) is 5.75 Å². The van der Waals surface area contributed by atoms with E-state index in [2.05, 4.69) is 12.1 Å². The normalized spacial score (nSPS) is 14.0. The summed E-state index contributed by atoms with van der Waals surface area (Å²) in [7, 11) is -1.91. The fourth-order valence-electron chi connectivity index (χ4n) is 3.76. The summed E-state index contributed by atoms with van der Waals surface area (Å²) in [5.74, 6) is 0.0999. The maximum Gasteiger partial charge on any atom is 0.243 e. The minimum absolute atomic E-state index is 0.0999. The summed E-state index contributed by atoms with van der Waals surface area (Å²) in [5, 5.41) is 11.2. The number of para-hydroxylation sites is 1. The third-order valence-electron chi connectivity index (χ3n) is 5.29. The molecule has 30 heavy (non-hydrogen) atoms. The molecule has 4 rings (SSSR count). The van der Waals surface area contributed by atoms with E-state index in [1.54, 1.807) is 18.2 Å². The maximum absolute atomic E-state index is 14.3. The molecule has 4 aromatic rings. The van der Waals surface area contributed by atoms with Crippen molar-refractivity contribution in [3.8, 4) is 16.9 Å². The van der Waals surface area contributed by atoms with Gasteiger partial charge in [0.2, 0.25) is 7.37 Å². The minimum atomic E-state index is -3.38. The van der Waals surface area contributed by atoms with E-state index in [4.69, 9.17) is 4.52 Å². The molecule has 0 aromatic heterocycles. The van der Waals surface area contributed by atoms with Gasteiger partial charge in [-0.2, -0.15) is 0 Å². The molecule has 150 valence electrons. The molecular weight excluding hydrogens is 391 g/mol. The topological polar surface area (TPSA) is 46.5 Å². The molecule has 0 saturated carbocycles. The van der Waals surface area contributed by atoms with Crippen molar-refractivity contribution < 1.29 is 14.2 Å². The Balaban J connectivity index is 1.86. The van der Waals surface area contributed by atoms with Crippen LogP contribution in [0.4, 0.5) is 0 Å². The van der Waals surface area contributed by atoms with Gasteiger partial charge in [-0.05, 0) is 34.9 Å². The Bertz CT molecular complexity index is 1160. The molecule has 2 unspecified atom stereocenters. The summed E-state index contributed by atoms with van der Waals surface area (Å²) in [6.07, 6.45) is 0. The number of hydrogen-bond acceptors (Lipinski definition) is 3. The van der Waals surface area contributed by atoms with Crippen LogP contribution in [0.25, 0.3) is 11.1 Å². The van der Waals surface area contributed by atoms with Crippen LogP contribution in [-0.4, -0.2) is 12.2 Å². The van der Waals surface area contributed by atoms with Crippen molar-refractivity contribution in [2.75, 3.05) is 7.11 Å². The molecule has 3 nitrogen and oxygen atoms in total. The van der Waals surface area contributed by atoms with Gasteiger partial charge >= 0.3 is 0 Å². The summed E-state index contributed by atoms with van der Waals surface area (Å²) in [6.45, 7) is 0. The molecular formula is C26H23O3P. The highest BCUT2D eigenvalue weighted by atomic mass is 31.2. The smallest absolute Gasteiger partial charge is 0.243 e. The number of benzene rings is 4. The van der Waals surface area contributed by atoms with Crippen molar-refractivity contribution >= 4 is 12.7 Å². The molecule has 4 aromatic carbocycles. The minimum Gasteiger partial charge on any atom is -0.508 e. The predicted octanol–water partition coefficient (Wildman–Crippen LogP) is 6.40. The molecule has 0 heterocycles. The van der Waals surface area contributed by atoms with E-state index in [0.717, 1.165) is 16.7 Å². The van der Waals surface area contributed by atoms with Gasteiger partial charge in [0.05, 0.1) is 5.66 Å². The molecule has 0 bridgehead atoms. The molecule has 0 spiro atoms. The van der Waals surface area contributed by atoms with Gasteiger partial charge in [0.1, 0.15) is 5.75 Å². The van der Waals surface area contributed by atoms with Gasteiger partial charge in [0.15, 0.2) is 0 Å². The second kappa shape index (κ2) is 8.71. The monoisotopic (exact) mass is 414 g/mol. The molecule has 0 aliphatic rings. The highest BCUT2D eigenvalue weighted by molar-refractivity contribution is 7.67. The molecule has 2 atom stereocenters. The first-order valence-electron chi connectivity index (χ1n) is 9.78. The second-order valence-corrected chi connectivity index (χ2v) is 9.66. The lowest BCUT2D eigenvalue weighted by Gasteiger charge is -2.28. The molecule has 0 aliphatic carbocycles. The van der Waals surface area contributed by atoms with Crippen LogP contribution in [0.15, 0.2) is 109 Å². The molecule has 0 radical (unpaired) electrons. The van der Waals surface area contributed by atoms with Gasteiger partial charge < -0.3 is 9.63 Å². The van der Waals surface area contributed by atoms with Crippen LogP contribution in [0.1, 0.15) is 16.8 Å². The zero-order valence-corrected chi connectivity index (χ0v) is 17.6. The van der Waals surface area contributed by atoms with E-state index in [9.17, 15) is 9.67 Å². The Morgan fingerprint density at radius 2 is 1.23 bits per heavy atom. The van der Waals surface area contributed by atoms with Crippen molar-refractivity contribution in [3.05, 3.63) is 120 Å². The lowest BCUT2D eigenvalue weighted by molar-refractivity contribution is 0.395. The first kappa shape index (κ1) is 20.2. The molecule has 1 N–H and O–H groups in total. The summed E-state index contributed by atoms with van der Waals surface area (Å²) in [6, 6.07) is 34.3. The number of phenols is 1. The lowest BCUT2D eigenvalue weighted by atomic mass is 9.99. The fraction of sp³-hybridized carbons (Fsp3) is 0.0769. The Hall–Kier alpha value is -3.13. The summed E-state index contributed by atoms with van der Waals surface area (Å²) >= 11 is 0. The largest absolute Gasteiger partial charge is 0.508 e. The number of hydrogen-bond donors (Lipinski definition) is 1. The van der Waals surface area contributed by atoms with Crippen molar-refractivity contribution in [2.24, 2.45) is 0 Å². The van der Waals surface area contributed by atoms with E-state index < -0.39 is 13.0 Å². The first-order chi connectivity index (χ1) is 14.6. The van der Waals surface area contributed by atoms with Crippen LogP contribution in [0, 0.1) is 0 Å². The molecule has 0 saturated heterocycles. The van der Waals surface area contributed by atoms with Gasteiger partial charge in [-0.25, -0.2) is 0 Å². The highest BCUT2D eigenvalue weighted by Crippen LogP contribution is 2.62.